The van der Waals surface area contributed by atoms with Gasteiger partial charge in [-0.1, -0.05) is 11.8 Å². The molecule has 5 nitrogen and oxygen atoms in total. The molecule has 58 valence electrons. The molecule has 1 saturated heterocycles. The van der Waals surface area contributed by atoms with Crippen molar-refractivity contribution in [1.82, 2.24) is 10.9 Å². The molecule has 0 aromatic heterocycles. The second-order valence-electron chi connectivity index (χ2n) is 2.23. The average molecular weight is 171 g/mol. The Kier molecular flexibility index (Phi) is 1.35. The number of nitrogens with one attached hydrogen (secondary N) is 2. The molecule has 0 aromatic carbocycles. The summed E-state index contributed by atoms with van der Waals surface area (Å²) in [5.41, 5.74) is 6.04. The standard InChI is InChI=1S/C5H5N3O2S/c9-4-2-3(11-1-6-2)5(10)8-7-4/h1-3H,(H,7,9)(H,8,10). The molecule has 2 amide bonds. The van der Waals surface area contributed by atoms with Crippen molar-refractivity contribution < 1.29 is 9.59 Å². The van der Waals surface area contributed by atoms with E-state index in [1.54, 1.807) is 5.55 Å². The van der Waals surface area contributed by atoms with Crippen LogP contribution in [0.3, 0.4) is 0 Å². The topological polar surface area (TPSA) is 70.6 Å². The van der Waals surface area contributed by atoms with Crippen LogP contribution in [0.5, 0.6) is 0 Å². The van der Waals surface area contributed by atoms with Crippen molar-refractivity contribution in [2.75, 3.05) is 0 Å². The maximum absolute atomic E-state index is 11.0. The number of hydrogen-bond donors (Lipinski definition) is 2. The molecule has 2 rings (SSSR count). The largest absolute Gasteiger partial charge is 0.272 e. The third-order valence-corrected chi connectivity index (χ3v) is 2.56. The summed E-state index contributed by atoms with van der Waals surface area (Å²) in [7, 11) is 0. The lowest BCUT2D eigenvalue weighted by atomic mass is 10.1. The van der Waals surface area contributed by atoms with E-state index < -0.39 is 6.04 Å². The lowest BCUT2D eigenvalue weighted by molar-refractivity contribution is -0.134. The van der Waals surface area contributed by atoms with Gasteiger partial charge in [0.15, 0.2) is 6.04 Å². The summed E-state index contributed by atoms with van der Waals surface area (Å²) in [6.07, 6.45) is 0. The number of carbonyl (C=O) groups is 2. The molecule has 0 radical (unpaired) electrons. The second-order valence-corrected chi connectivity index (χ2v) is 3.23. The van der Waals surface area contributed by atoms with E-state index in [4.69, 9.17) is 0 Å². The van der Waals surface area contributed by atoms with E-state index in [-0.39, 0.29) is 17.1 Å². The number of hydrogen-bond acceptors (Lipinski definition) is 4. The summed E-state index contributed by atoms with van der Waals surface area (Å²) >= 11 is 1.27. The Balaban J connectivity index is 2.25. The van der Waals surface area contributed by atoms with E-state index in [0.717, 1.165) is 0 Å². The van der Waals surface area contributed by atoms with E-state index in [1.165, 1.54) is 11.8 Å². The van der Waals surface area contributed by atoms with Crippen molar-refractivity contribution in [3.05, 3.63) is 0 Å². The van der Waals surface area contributed by atoms with Crippen LogP contribution in [0, 0.1) is 0 Å². The van der Waals surface area contributed by atoms with E-state index in [0.29, 0.717) is 0 Å². The Morgan fingerprint density at radius 2 is 2.09 bits per heavy atom. The third-order valence-electron chi connectivity index (χ3n) is 1.55. The average Bonchev–Trinajstić information content (AvgIpc) is 2.45. The molecule has 2 heterocycles. The number of carbonyl (C=O) groups excluding carboxylic acids is 2. The molecule has 2 unspecified atom stereocenters. The third kappa shape index (κ3) is 0.900. The molecule has 2 atom stereocenters. The lowest BCUT2D eigenvalue weighted by Gasteiger charge is -2.22. The van der Waals surface area contributed by atoms with Crippen LogP contribution in [0.15, 0.2) is 4.99 Å². The highest BCUT2D eigenvalue weighted by Crippen LogP contribution is 2.23. The molecule has 0 aliphatic carbocycles. The molecule has 0 spiro atoms. The highest BCUT2D eigenvalue weighted by Gasteiger charge is 2.40. The summed E-state index contributed by atoms with van der Waals surface area (Å²) in [4.78, 5) is 25.8. The monoisotopic (exact) mass is 171 g/mol. The fourth-order valence-electron chi connectivity index (χ4n) is 0.997. The van der Waals surface area contributed by atoms with Gasteiger partial charge in [0.25, 0.3) is 11.8 Å². The van der Waals surface area contributed by atoms with Gasteiger partial charge in [0, 0.05) is 0 Å². The summed E-state index contributed by atoms with van der Waals surface area (Å²) in [5.74, 6) is -0.423. The van der Waals surface area contributed by atoms with E-state index >= 15 is 0 Å². The lowest BCUT2D eigenvalue weighted by Crippen LogP contribution is -2.58. The van der Waals surface area contributed by atoms with Gasteiger partial charge in [-0.2, -0.15) is 0 Å². The Morgan fingerprint density at radius 1 is 1.36 bits per heavy atom. The normalized spacial score (nSPS) is 34.5. The molecule has 2 aliphatic rings. The van der Waals surface area contributed by atoms with Gasteiger partial charge in [-0.3, -0.25) is 25.4 Å². The number of hydrazine groups is 1. The van der Waals surface area contributed by atoms with Gasteiger partial charge in [0.05, 0.1) is 5.55 Å². The molecular weight excluding hydrogens is 166 g/mol. The van der Waals surface area contributed by atoms with Crippen LogP contribution in [0.4, 0.5) is 0 Å². The van der Waals surface area contributed by atoms with Gasteiger partial charge in [-0.25, -0.2) is 0 Å². The highest BCUT2D eigenvalue weighted by molar-refractivity contribution is 8.13. The molecule has 1 fully saturated rings. The quantitative estimate of drug-likeness (QED) is 0.474. The number of thioether (sulfide) groups is 1. The van der Waals surface area contributed by atoms with Gasteiger partial charge in [-0.15, -0.1) is 0 Å². The number of amides is 2. The predicted molar refractivity (Wildman–Crippen MR) is 39.9 cm³/mol. The van der Waals surface area contributed by atoms with Gasteiger partial charge in [-0.05, 0) is 0 Å². The van der Waals surface area contributed by atoms with E-state index in [9.17, 15) is 9.59 Å². The minimum Gasteiger partial charge on any atom is -0.272 e. The zero-order chi connectivity index (χ0) is 7.84. The molecule has 11 heavy (non-hydrogen) atoms. The van der Waals surface area contributed by atoms with Gasteiger partial charge >= 0.3 is 0 Å². The zero-order valence-corrected chi connectivity index (χ0v) is 6.22. The van der Waals surface area contributed by atoms with Crippen molar-refractivity contribution in [3.63, 3.8) is 0 Å². The Morgan fingerprint density at radius 3 is 2.82 bits per heavy atom. The zero-order valence-electron chi connectivity index (χ0n) is 5.40. The smallest absolute Gasteiger partial charge is 0.264 e. The van der Waals surface area contributed by atoms with Crippen LogP contribution in [0.25, 0.3) is 0 Å². The van der Waals surface area contributed by atoms with Crippen LogP contribution in [0.2, 0.25) is 0 Å². The molecule has 0 aromatic rings. The Hall–Kier alpha value is -1.04. The van der Waals surface area contributed by atoms with E-state index in [1.807, 2.05) is 0 Å². The fraction of sp³-hybridized carbons (Fsp3) is 0.400. The summed E-state index contributed by atoms with van der Waals surface area (Å²) in [6.45, 7) is 0. The van der Waals surface area contributed by atoms with Crippen LogP contribution in [-0.2, 0) is 9.59 Å². The van der Waals surface area contributed by atoms with Crippen LogP contribution >= 0.6 is 11.8 Å². The van der Waals surface area contributed by atoms with Gasteiger partial charge in [0.2, 0.25) is 0 Å². The van der Waals surface area contributed by atoms with Crippen molar-refractivity contribution in [2.24, 2.45) is 4.99 Å². The summed E-state index contributed by atoms with van der Waals surface area (Å²) in [5, 5.41) is -0.358. The SMILES string of the molecule is O=C1NNC(=O)C2SC=NC12. The van der Waals surface area contributed by atoms with Crippen molar-refractivity contribution >= 4 is 29.1 Å². The first-order valence-corrected chi connectivity index (χ1v) is 4.00. The molecule has 2 aliphatic heterocycles. The fourth-order valence-corrected chi connectivity index (χ4v) is 1.86. The summed E-state index contributed by atoms with van der Waals surface area (Å²) < 4.78 is 0. The number of aliphatic imine (C=N–C) groups is 1. The van der Waals surface area contributed by atoms with Crippen molar-refractivity contribution in [2.45, 2.75) is 11.3 Å². The van der Waals surface area contributed by atoms with Crippen molar-refractivity contribution in [1.29, 1.82) is 0 Å². The second kappa shape index (κ2) is 2.23. The predicted octanol–water partition coefficient (Wildman–Crippen LogP) is -1.34. The van der Waals surface area contributed by atoms with Gasteiger partial charge in [0.1, 0.15) is 5.25 Å². The van der Waals surface area contributed by atoms with Crippen LogP contribution < -0.4 is 10.9 Å². The minimum atomic E-state index is -0.520. The molecule has 2 N–H and O–H groups in total. The number of nitrogens with zero attached hydrogens (tertiary/aromatic N) is 1. The first-order valence-electron chi connectivity index (χ1n) is 3.06. The van der Waals surface area contributed by atoms with Crippen LogP contribution in [-0.4, -0.2) is 28.7 Å². The Bertz CT molecular complexity index is 252. The first kappa shape index (κ1) is 6.66. The molecular formula is C5H5N3O2S. The van der Waals surface area contributed by atoms with Crippen LogP contribution in [0.1, 0.15) is 0 Å². The summed E-state index contributed by atoms with van der Waals surface area (Å²) in [6, 6.07) is -0.520. The van der Waals surface area contributed by atoms with Crippen molar-refractivity contribution in [3.8, 4) is 0 Å². The number of rotatable bonds is 0. The first-order chi connectivity index (χ1) is 5.29. The molecule has 0 saturated carbocycles. The van der Waals surface area contributed by atoms with Gasteiger partial charge < -0.3 is 0 Å². The maximum Gasteiger partial charge on any atom is 0.264 e. The number of fused-ring (bicyclic) bond motifs is 1. The molecule has 6 heteroatoms. The molecule has 0 bridgehead atoms. The van der Waals surface area contributed by atoms with E-state index in [2.05, 4.69) is 15.8 Å². The minimum absolute atomic E-state index is 0.183. The Labute approximate surface area is 66.6 Å². The maximum atomic E-state index is 11.0. The highest BCUT2D eigenvalue weighted by atomic mass is 32.2.